The van der Waals surface area contributed by atoms with Gasteiger partial charge in [0, 0.05) is 36.0 Å². The minimum Gasteiger partial charge on any atom is -0.316 e. The van der Waals surface area contributed by atoms with Crippen LogP contribution >= 0.6 is 11.3 Å². The number of unbranched alkanes of at least 4 members (excludes halogenated alkanes) is 1. The first-order chi connectivity index (χ1) is 10.2. The molecule has 21 heavy (non-hydrogen) atoms. The molecule has 0 aliphatic heterocycles. The molecule has 0 bridgehead atoms. The molecule has 1 aromatic heterocycles. The Morgan fingerprint density at radius 1 is 1.29 bits per heavy atom. The van der Waals surface area contributed by atoms with Crippen molar-refractivity contribution in [3.8, 4) is 11.3 Å². The quantitative estimate of drug-likeness (QED) is 0.459. The third-order valence-corrected chi connectivity index (χ3v) is 4.06. The predicted molar refractivity (Wildman–Crippen MR) is 85.7 cm³/mol. The number of rotatable bonds is 8. The summed E-state index contributed by atoms with van der Waals surface area (Å²) in [4.78, 5) is 14.8. The molecule has 0 radical (unpaired) electrons. The molecule has 0 aliphatic carbocycles. The zero-order valence-corrected chi connectivity index (χ0v) is 12.9. The fourth-order valence-electron chi connectivity index (χ4n) is 1.93. The third-order valence-electron chi connectivity index (χ3n) is 3.15. The molecule has 112 valence electrons. The summed E-state index contributed by atoms with van der Waals surface area (Å²) in [6.45, 7) is 4.17. The summed E-state index contributed by atoms with van der Waals surface area (Å²) >= 11 is 1.63. The Morgan fingerprint density at radius 3 is 2.71 bits per heavy atom. The van der Waals surface area contributed by atoms with Gasteiger partial charge in [0.2, 0.25) is 0 Å². The number of hydrogen-bond donors (Lipinski definition) is 1. The second kappa shape index (κ2) is 7.85. The smallest absolute Gasteiger partial charge is 0.269 e. The van der Waals surface area contributed by atoms with Crippen molar-refractivity contribution in [2.24, 2.45) is 0 Å². The van der Waals surface area contributed by atoms with Gasteiger partial charge < -0.3 is 5.32 Å². The highest BCUT2D eigenvalue weighted by Gasteiger charge is 2.08. The van der Waals surface area contributed by atoms with E-state index in [1.807, 2.05) is 5.38 Å². The zero-order valence-electron chi connectivity index (χ0n) is 12.0. The molecule has 1 N–H and O–H groups in total. The molecule has 2 aromatic rings. The first kappa shape index (κ1) is 15.6. The lowest BCUT2D eigenvalue weighted by atomic mass is 10.1. The van der Waals surface area contributed by atoms with Crippen molar-refractivity contribution in [2.75, 3.05) is 13.1 Å². The van der Waals surface area contributed by atoms with Gasteiger partial charge in [0.05, 0.1) is 15.6 Å². The molecule has 5 nitrogen and oxygen atoms in total. The summed E-state index contributed by atoms with van der Waals surface area (Å²) in [5, 5.41) is 17.1. The summed E-state index contributed by atoms with van der Waals surface area (Å²) in [6.07, 6.45) is 3.32. The average molecular weight is 305 g/mol. The van der Waals surface area contributed by atoms with Crippen LogP contribution in [0.25, 0.3) is 11.3 Å². The van der Waals surface area contributed by atoms with Gasteiger partial charge in [-0.25, -0.2) is 4.98 Å². The van der Waals surface area contributed by atoms with Crippen LogP contribution in [-0.4, -0.2) is 23.0 Å². The molecule has 0 fully saturated rings. The third kappa shape index (κ3) is 4.61. The number of nitro benzene ring substituents is 1. The number of non-ortho nitro benzene ring substituents is 1. The maximum Gasteiger partial charge on any atom is 0.269 e. The standard InChI is InChI=1S/C15H19N3O2S/c1-2-3-9-16-10-8-15-17-14(11-21-15)12-4-6-13(7-5-12)18(19)20/h4-7,11,16H,2-3,8-10H2,1H3. The van der Waals surface area contributed by atoms with Crippen molar-refractivity contribution in [3.05, 3.63) is 44.8 Å². The number of thiazole rings is 1. The number of hydrogen-bond acceptors (Lipinski definition) is 5. The topological polar surface area (TPSA) is 68.1 Å². The Hall–Kier alpha value is -1.79. The summed E-state index contributed by atoms with van der Waals surface area (Å²) in [5.74, 6) is 0. The van der Waals surface area contributed by atoms with E-state index in [9.17, 15) is 10.1 Å². The molecule has 0 saturated heterocycles. The normalized spacial score (nSPS) is 10.7. The van der Waals surface area contributed by atoms with Gasteiger partial charge in [-0.2, -0.15) is 0 Å². The fourth-order valence-corrected chi connectivity index (χ4v) is 2.74. The van der Waals surface area contributed by atoms with Gasteiger partial charge in [-0.3, -0.25) is 10.1 Å². The highest BCUT2D eigenvalue weighted by atomic mass is 32.1. The molecule has 1 aromatic carbocycles. The van der Waals surface area contributed by atoms with E-state index >= 15 is 0 Å². The van der Waals surface area contributed by atoms with Crippen molar-refractivity contribution >= 4 is 17.0 Å². The van der Waals surface area contributed by atoms with Crippen molar-refractivity contribution in [1.29, 1.82) is 0 Å². The van der Waals surface area contributed by atoms with Gasteiger partial charge in [0.15, 0.2) is 0 Å². The van der Waals surface area contributed by atoms with Crippen LogP contribution in [0.15, 0.2) is 29.6 Å². The summed E-state index contributed by atoms with van der Waals surface area (Å²) in [6, 6.07) is 6.52. The molecule has 6 heteroatoms. The number of nitro groups is 1. The van der Waals surface area contributed by atoms with Gasteiger partial charge in [-0.1, -0.05) is 13.3 Å². The van der Waals surface area contributed by atoms with Crippen LogP contribution in [-0.2, 0) is 6.42 Å². The Balaban J connectivity index is 1.91. The highest BCUT2D eigenvalue weighted by molar-refractivity contribution is 7.09. The van der Waals surface area contributed by atoms with Gasteiger partial charge >= 0.3 is 0 Å². The van der Waals surface area contributed by atoms with Crippen molar-refractivity contribution in [1.82, 2.24) is 10.3 Å². The van der Waals surface area contributed by atoms with Gasteiger partial charge in [0.25, 0.3) is 5.69 Å². The number of nitrogens with zero attached hydrogens (tertiary/aromatic N) is 2. The van der Waals surface area contributed by atoms with Crippen LogP contribution in [0.5, 0.6) is 0 Å². The second-order valence-corrected chi connectivity index (χ2v) is 5.73. The monoisotopic (exact) mass is 305 g/mol. The first-order valence-electron chi connectivity index (χ1n) is 7.10. The maximum absolute atomic E-state index is 10.6. The first-order valence-corrected chi connectivity index (χ1v) is 7.98. The molecular formula is C15H19N3O2S. The van der Waals surface area contributed by atoms with Crippen LogP contribution in [0.2, 0.25) is 0 Å². The minimum atomic E-state index is -0.391. The van der Waals surface area contributed by atoms with Crippen molar-refractivity contribution < 1.29 is 4.92 Å². The van der Waals surface area contributed by atoms with Crippen molar-refractivity contribution in [3.63, 3.8) is 0 Å². The molecule has 0 saturated carbocycles. The highest BCUT2D eigenvalue weighted by Crippen LogP contribution is 2.24. The van der Waals surface area contributed by atoms with Crippen LogP contribution in [0.3, 0.4) is 0 Å². The van der Waals surface area contributed by atoms with Crippen LogP contribution in [0.1, 0.15) is 24.8 Å². The lowest BCUT2D eigenvalue weighted by molar-refractivity contribution is -0.384. The minimum absolute atomic E-state index is 0.106. The largest absolute Gasteiger partial charge is 0.316 e. The number of benzene rings is 1. The lowest BCUT2D eigenvalue weighted by Gasteiger charge is -2.01. The Bertz CT molecular complexity index is 581. The van der Waals surface area contributed by atoms with Gasteiger partial charge in [-0.05, 0) is 25.1 Å². The molecule has 0 spiro atoms. The fraction of sp³-hybridized carbons (Fsp3) is 0.400. The van der Waals surface area contributed by atoms with E-state index in [0.29, 0.717) is 0 Å². The molecule has 0 atom stereocenters. The number of nitrogens with one attached hydrogen (secondary N) is 1. The number of aromatic nitrogens is 1. The molecule has 1 heterocycles. The van der Waals surface area contributed by atoms with E-state index in [0.717, 1.165) is 35.8 Å². The van der Waals surface area contributed by atoms with E-state index in [1.165, 1.54) is 25.0 Å². The maximum atomic E-state index is 10.6. The van der Waals surface area contributed by atoms with E-state index in [4.69, 9.17) is 0 Å². The van der Waals surface area contributed by atoms with Gasteiger partial charge in [-0.15, -0.1) is 11.3 Å². The van der Waals surface area contributed by atoms with E-state index < -0.39 is 4.92 Å². The SMILES string of the molecule is CCCCNCCc1nc(-c2ccc([N+](=O)[O-])cc2)cs1. The van der Waals surface area contributed by atoms with Crippen LogP contribution < -0.4 is 5.32 Å². The lowest BCUT2D eigenvalue weighted by Crippen LogP contribution is -2.18. The van der Waals surface area contributed by atoms with Crippen LogP contribution in [0.4, 0.5) is 5.69 Å². The zero-order chi connectivity index (χ0) is 15.1. The summed E-state index contributed by atoms with van der Waals surface area (Å²) in [7, 11) is 0. The molecule has 2 rings (SSSR count). The second-order valence-electron chi connectivity index (χ2n) is 4.78. The van der Waals surface area contributed by atoms with Gasteiger partial charge in [0.1, 0.15) is 0 Å². The Morgan fingerprint density at radius 2 is 2.05 bits per heavy atom. The molecule has 0 amide bonds. The average Bonchev–Trinajstić information content (AvgIpc) is 2.96. The molecular weight excluding hydrogens is 286 g/mol. The Kier molecular flexibility index (Phi) is 5.83. The van der Waals surface area contributed by atoms with E-state index in [2.05, 4.69) is 17.2 Å². The molecule has 0 unspecified atom stereocenters. The van der Waals surface area contributed by atoms with Crippen molar-refractivity contribution in [2.45, 2.75) is 26.2 Å². The summed E-state index contributed by atoms with van der Waals surface area (Å²) < 4.78 is 0. The van der Waals surface area contributed by atoms with E-state index in [1.54, 1.807) is 23.5 Å². The molecule has 0 aliphatic rings. The Labute approximate surface area is 128 Å². The van der Waals surface area contributed by atoms with E-state index in [-0.39, 0.29) is 5.69 Å². The predicted octanol–water partition coefficient (Wildman–Crippen LogP) is 3.65. The summed E-state index contributed by atoms with van der Waals surface area (Å²) in [5.41, 5.74) is 1.91. The van der Waals surface area contributed by atoms with Crippen LogP contribution in [0, 0.1) is 10.1 Å².